The third-order valence-corrected chi connectivity index (χ3v) is 4.30. The van der Waals surface area contributed by atoms with E-state index >= 15 is 0 Å². The van der Waals surface area contributed by atoms with E-state index in [0.29, 0.717) is 24.4 Å². The van der Waals surface area contributed by atoms with Gasteiger partial charge in [0, 0.05) is 6.54 Å². The molecule has 29 heavy (non-hydrogen) atoms. The van der Waals surface area contributed by atoms with Crippen LogP contribution in [-0.2, 0) is 11.3 Å². The van der Waals surface area contributed by atoms with Crippen LogP contribution < -0.4 is 14.8 Å². The highest BCUT2D eigenvalue weighted by atomic mass is 19.3. The molecule has 0 fully saturated rings. The van der Waals surface area contributed by atoms with Crippen molar-refractivity contribution in [3.63, 3.8) is 0 Å². The second-order valence-electron chi connectivity index (χ2n) is 6.33. The molecule has 0 aromatic heterocycles. The van der Waals surface area contributed by atoms with Gasteiger partial charge in [0.25, 0.3) is 0 Å². The highest BCUT2D eigenvalue weighted by Gasteiger charge is 2.20. The van der Waals surface area contributed by atoms with Crippen LogP contribution in [0.1, 0.15) is 25.0 Å². The van der Waals surface area contributed by atoms with E-state index in [4.69, 9.17) is 10.00 Å². The van der Waals surface area contributed by atoms with Crippen LogP contribution in [0.5, 0.6) is 11.5 Å². The van der Waals surface area contributed by atoms with E-state index in [2.05, 4.69) is 10.1 Å². The molecule has 0 aliphatic carbocycles. The first-order chi connectivity index (χ1) is 13.8. The maximum absolute atomic E-state index is 12.6. The standard InChI is InChI=1S/C21H23F2N3O3/c1-4-28-19-11-15(9-10-18(19)29-21(22)23)13-26(3)14(2)20(27)25-17-8-6-5-7-16(17)12-24/h5-11,14,21H,4,13H2,1-3H3,(H,25,27). The van der Waals surface area contributed by atoms with Gasteiger partial charge in [0.05, 0.1) is 23.9 Å². The summed E-state index contributed by atoms with van der Waals surface area (Å²) in [6.07, 6.45) is 0. The lowest BCUT2D eigenvalue weighted by Gasteiger charge is -2.24. The molecule has 8 heteroatoms. The lowest BCUT2D eigenvalue weighted by atomic mass is 10.1. The number of halogens is 2. The number of carbonyl (C=O) groups excluding carboxylic acids is 1. The Bertz CT molecular complexity index is 884. The highest BCUT2D eigenvalue weighted by Crippen LogP contribution is 2.30. The number of amides is 1. The first-order valence-corrected chi connectivity index (χ1v) is 9.06. The first kappa shape index (κ1) is 22.1. The predicted octanol–water partition coefficient (Wildman–Crippen LogP) is 4.02. The van der Waals surface area contributed by atoms with Crippen molar-refractivity contribution in [1.29, 1.82) is 5.26 Å². The molecule has 0 spiro atoms. The van der Waals surface area contributed by atoms with Gasteiger partial charge in [-0.05, 0) is 50.7 Å². The molecule has 6 nitrogen and oxygen atoms in total. The van der Waals surface area contributed by atoms with E-state index in [9.17, 15) is 13.6 Å². The van der Waals surface area contributed by atoms with E-state index in [-0.39, 0.29) is 17.4 Å². The van der Waals surface area contributed by atoms with Crippen LogP contribution in [0.4, 0.5) is 14.5 Å². The van der Waals surface area contributed by atoms with Crippen molar-refractivity contribution in [3.8, 4) is 17.6 Å². The van der Waals surface area contributed by atoms with Gasteiger partial charge in [0.1, 0.15) is 6.07 Å². The minimum Gasteiger partial charge on any atom is -0.490 e. The lowest BCUT2D eigenvalue weighted by Crippen LogP contribution is -2.39. The van der Waals surface area contributed by atoms with E-state index in [0.717, 1.165) is 5.56 Å². The zero-order valence-corrected chi connectivity index (χ0v) is 16.5. The molecule has 0 radical (unpaired) electrons. The molecule has 1 amide bonds. The Kier molecular flexibility index (Phi) is 7.92. The van der Waals surface area contributed by atoms with Crippen molar-refractivity contribution >= 4 is 11.6 Å². The normalized spacial score (nSPS) is 11.8. The first-order valence-electron chi connectivity index (χ1n) is 9.06. The number of para-hydroxylation sites is 1. The molecule has 154 valence electrons. The number of nitriles is 1. The third kappa shape index (κ3) is 6.16. The number of rotatable bonds is 9. The van der Waals surface area contributed by atoms with Gasteiger partial charge in [-0.25, -0.2) is 0 Å². The fraction of sp³-hybridized carbons (Fsp3) is 0.333. The Morgan fingerprint density at radius 2 is 1.97 bits per heavy atom. The number of nitrogens with zero attached hydrogens (tertiary/aromatic N) is 2. The molecule has 0 saturated heterocycles. The van der Waals surface area contributed by atoms with Crippen molar-refractivity contribution in [2.45, 2.75) is 33.0 Å². The number of ether oxygens (including phenoxy) is 2. The molecule has 1 atom stereocenters. The number of hydrogen-bond acceptors (Lipinski definition) is 5. The number of benzene rings is 2. The predicted molar refractivity (Wildman–Crippen MR) is 105 cm³/mol. The van der Waals surface area contributed by atoms with Crippen molar-refractivity contribution in [2.24, 2.45) is 0 Å². The summed E-state index contributed by atoms with van der Waals surface area (Å²) < 4.78 is 34.9. The fourth-order valence-electron chi connectivity index (χ4n) is 2.66. The molecule has 0 saturated carbocycles. The molecular weight excluding hydrogens is 380 g/mol. The number of nitrogens with one attached hydrogen (secondary N) is 1. The molecule has 0 bridgehead atoms. The van der Waals surface area contributed by atoms with Crippen molar-refractivity contribution in [2.75, 3.05) is 19.0 Å². The average molecular weight is 403 g/mol. The number of carbonyl (C=O) groups is 1. The zero-order valence-electron chi connectivity index (χ0n) is 16.5. The van der Waals surface area contributed by atoms with Crippen LogP contribution in [0.15, 0.2) is 42.5 Å². The fourth-order valence-corrected chi connectivity index (χ4v) is 2.66. The van der Waals surface area contributed by atoms with Crippen LogP contribution in [0.25, 0.3) is 0 Å². The average Bonchev–Trinajstić information content (AvgIpc) is 2.69. The molecule has 0 aliphatic rings. The van der Waals surface area contributed by atoms with E-state index in [1.54, 1.807) is 62.2 Å². The summed E-state index contributed by atoms with van der Waals surface area (Å²) in [5.74, 6) is -0.0798. The molecule has 0 aliphatic heterocycles. The summed E-state index contributed by atoms with van der Waals surface area (Å²) >= 11 is 0. The van der Waals surface area contributed by atoms with Gasteiger partial charge < -0.3 is 14.8 Å². The maximum Gasteiger partial charge on any atom is 0.387 e. The van der Waals surface area contributed by atoms with Crippen molar-refractivity contribution < 1.29 is 23.0 Å². The zero-order chi connectivity index (χ0) is 21.4. The summed E-state index contributed by atoms with van der Waals surface area (Å²) in [7, 11) is 1.77. The van der Waals surface area contributed by atoms with Crippen LogP contribution in [0.2, 0.25) is 0 Å². The second kappa shape index (κ2) is 10.4. The van der Waals surface area contributed by atoms with Gasteiger partial charge in [0.15, 0.2) is 11.5 Å². The van der Waals surface area contributed by atoms with Gasteiger partial charge in [-0.3, -0.25) is 9.69 Å². The Labute approximate surface area is 168 Å². The molecular formula is C21H23F2N3O3. The van der Waals surface area contributed by atoms with Gasteiger partial charge in [0.2, 0.25) is 5.91 Å². The monoisotopic (exact) mass is 403 g/mol. The summed E-state index contributed by atoms with van der Waals surface area (Å²) in [5.41, 5.74) is 1.61. The number of likely N-dealkylation sites (N-methyl/N-ethyl adjacent to an activating group) is 1. The minimum atomic E-state index is -2.94. The topological polar surface area (TPSA) is 74.6 Å². The number of alkyl halides is 2. The van der Waals surface area contributed by atoms with Gasteiger partial charge >= 0.3 is 6.61 Å². The smallest absolute Gasteiger partial charge is 0.387 e. The van der Waals surface area contributed by atoms with Gasteiger partial charge in [-0.2, -0.15) is 14.0 Å². The Morgan fingerprint density at radius 1 is 1.24 bits per heavy atom. The van der Waals surface area contributed by atoms with Gasteiger partial charge in [-0.1, -0.05) is 18.2 Å². The molecule has 0 heterocycles. The van der Waals surface area contributed by atoms with Crippen molar-refractivity contribution in [1.82, 2.24) is 4.90 Å². The summed E-state index contributed by atoms with van der Waals surface area (Å²) in [6.45, 7) is 1.22. The SMILES string of the molecule is CCOc1cc(CN(C)C(C)C(=O)Nc2ccccc2C#N)ccc1OC(F)F. The van der Waals surface area contributed by atoms with Crippen LogP contribution in [0, 0.1) is 11.3 Å². The third-order valence-electron chi connectivity index (χ3n) is 4.30. The summed E-state index contributed by atoms with van der Waals surface area (Å²) in [5, 5.41) is 11.9. The second-order valence-corrected chi connectivity index (χ2v) is 6.33. The van der Waals surface area contributed by atoms with E-state index in [1.807, 2.05) is 6.07 Å². The Hall–Kier alpha value is -3.18. The quantitative estimate of drug-likeness (QED) is 0.685. The maximum atomic E-state index is 12.6. The van der Waals surface area contributed by atoms with E-state index in [1.165, 1.54) is 6.07 Å². The van der Waals surface area contributed by atoms with Crippen LogP contribution in [-0.4, -0.2) is 37.1 Å². The van der Waals surface area contributed by atoms with Gasteiger partial charge in [-0.15, -0.1) is 0 Å². The minimum absolute atomic E-state index is 0.0350. The summed E-state index contributed by atoms with van der Waals surface area (Å²) in [4.78, 5) is 14.4. The largest absolute Gasteiger partial charge is 0.490 e. The van der Waals surface area contributed by atoms with E-state index < -0.39 is 12.7 Å². The molecule has 2 aromatic rings. The Balaban J connectivity index is 2.08. The molecule has 2 rings (SSSR count). The number of anilines is 1. The molecule has 1 unspecified atom stereocenters. The summed E-state index contributed by atoms with van der Waals surface area (Å²) in [6, 6.07) is 13.0. The lowest BCUT2D eigenvalue weighted by molar-refractivity contribution is -0.120. The number of hydrogen-bond donors (Lipinski definition) is 1. The molecule has 1 N–H and O–H groups in total. The Morgan fingerprint density at radius 3 is 2.62 bits per heavy atom. The van der Waals surface area contributed by atoms with Crippen LogP contribution in [0.3, 0.4) is 0 Å². The van der Waals surface area contributed by atoms with Crippen LogP contribution >= 0.6 is 0 Å². The van der Waals surface area contributed by atoms with Crippen molar-refractivity contribution in [3.05, 3.63) is 53.6 Å². The molecule has 2 aromatic carbocycles. The highest BCUT2D eigenvalue weighted by molar-refractivity contribution is 5.95.